The molecule has 1 aromatic heterocycles. The lowest BCUT2D eigenvalue weighted by Crippen LogP contribution is -2.55. The van der Waals surface area contributed by atoms with Gasteiger partial charge in [0.1, 0.15) is 12.8 Å². The van der Waals surface area contributed by atoms with Crippen LogP contribution in [0, 0.1) is 0 Å². The van der Waals surface area contributed by atoms with Crippen LogP contribution in [0.4, 0.5) is 0 Å². The first-order valence-corrected chi connectivity index (χ1v) is 10.8. The van der Waals surface area contributed by atoms with Crippen LogP contribution in [-0.2, 0) is 21.6 Å². The summed E-state index contributed by atoms with van der Waals surface area (Å²) >= 11 is 0. The zero-order chi connectivity index (χ0) is 21.7. The summed E-state index contributed by atoms with van der Waals surface area (Å²) in [6.45, 7) is 2.62. The molecular weight excluding hydrogens is 392 g/mol. The summed E-state index contributed by atoms with van der Waals surface area (Å²) in [5.74, 6) is -0.625. The molecule has 31 heavy (non-hydrogen) atoms. The number of quaternary nitrogens is 1. The molecular formula is C25H29N2O4+. The molecule has 0 aliphatic carbocycles. The number of esters is 1. The fourth-order valence-corrected chi connectivity index (χ4v) is 4.42. The van der Waals surface area contributed by atoms with E-state index in [9.17, 15) is 9.90 Å². The van der Waals surface area contributed by atoms with Crippen molar-refractivity contribution >= 4 is 5.97 Å². The summed E-state index contributed by atoms with van der Waals surface area (Å²) in [4.78, 5) is 13.4. The summed E-state index contributed by atoms with van der Waals surface area (Å²) in [5, 5.41) is 15.6. The molecule has 1 N–H and O–H groups in total. The first kappa shape index (κ1) is 21.3. The molecule has 6 nitrogen and oxygen atoms in total. The Morgan fingerprint density at radius 2 is 1.77 bits per heavy atom. The molecule has 1 unspecified atom stereocenters. The third-order valence-electron chi connectivity index (χ3n) is 6.22. The third-order valence-corrected chi connectivity index (χ3v) is 6.22. The molecule has 0 spiro atoms. The maximum Gasteiger partial charge on any atom is 0.348 e. The number of benzene rings is 2. The maximum atomic E-state index is 13.4. The van der Waals surface area contributed by atoms with Gasteiger partial charge in [0.2, 0.25) is 5.60 Å². The van der Waals surface area contributed by atoms with E-state index in [-0.39, 0.29) is 6.10 Å². The van der Waals surface area contributed by atoms with Gasteiger partial charge in [-0.1, -0.05) is 65.8 Å². The van der Waals surface area contributed by atoms with Crippen molar-refractivity contribution < 1.29 is 23.6 Å². The van der Waals surface area contributed by atoms with E-state index >= 15 is 0 Å². The topological polar surface area (TPSA) is 72.6 Å². The highest BCUT2D eigenvalue weighted by molar-refractivity contribution is 5.85. The van der Waals surface area contributed by atoms with Crippen LogP contribution >= 0.6 is 0 Å². The van der Waals surface area contributed by atoms with E-state index in [1.807, 2.05) is 42.5 Å². The predicted octanol–water partition coefficient (Wildman–Crippen LogP) is 3.31. The first-order chi connectivity index (χ1) is 15.0. The van der Waals surface area contributed by atoms with Gasteiger partial charge in [-0.2, -0.15) is 0 Å². The van der Waals surface area contributed by atoms with E-state index in [4.69, 9.17) is 9.26 Å². The predicted molar refractivity (Wildman–Crippen MR) is 116 cm³/mol. The number of likely N-dealkylation sites (tertiary alicyclic amines) is 1. The lowest BCUT2D eigenvalue weighted by Gasteiger charge is -2.41. The number of likely N-dealkylation sites (N-methyl/N-ethyl adjacent to an activating group) is 1. The molecule has 2 heterocycles. The SMILES string of the molecule is C[N+]1(CCc2ccon2)CCC[C@@H](OC(=O)C(O)(c2ccccc2)c2ccccc2)C1. The molecule has 0 saturated carbocycles. The third kappa shape index (κ3) is 4.70. The van der Waals surface area contributed by atoms with Crippen LogP contribution in [0.25, 0.3) is 0 Å². The molecule has 6 heteroatoms. The van der Waals surface area contributed by atoms with E-state index < -0.39 is 11.6 Å². The lowest BCUT2D eigenvalue weighted by molar-refractivity contribution is -0.916. The first-order valence-electron chi connectivity index (χ1n) is 10.8. The Kier molecular flexibility index (Phi) is 6.20. The van der Waals surface area contributed by atoms with Gasteiger partial charge in [-0.15, -0.1) is 0 Å². The van der Waals surface area contributed by atoms with Crippen LogP contribution in [-0.4, -0.2) is 53.5 Å². The van der Waals surface area contributed by atoms with E-state index in [0.717, 1.165) is 42.5 Å². The van der Waals surface area contributed by atoms with Crippen molar-refractivity contribution in [3.8, 4) is 0 Å². The van der Waals surface area contributed by atoms with Crippen LogP contribution in [0.15, 0.2) is 77.5 Å². The van der Waals surface area contributed by atoms with E-state index in [1.165, 1.54) is 0 Å². The lowest BCUT2D eigenvalue weighted by atomic mass is 9.86. The Morgan fingerprint density at radius 1 is 1.13 bits per heavy atom. The van der Waals surface area contributed by atoms with Crippen molar-refractivity contribution in [1.82, 2.24) is 5.16 Å². The zero-order valence-electron chi connectivity index (χ0n) is 17.8. The molecule has 2 atom stereocenters. The second kappa shape index (κ2) is 9.04. The molecule has 1 saturated heterocycles. The fraction of sp³-hybridized carbons (Fsp3) is 0.360. The van der Waals surface area contributed by atoms with Gasteiger partial charge in [-0.25, -0.2) is 4.79 Å². The Balaban J connectivity index is 1.50. The van der Waals surface area contributed by atoms with Crippen LogP contribution in [0.2, 0.25) is 0 Å². The minimum Gasteiger partial charge on any atom is -0.454 e. The second-order valence-corrected chi connectivity index (χ2v) is 8.60. The standard InChI is InChI=1S/C25H29N2O4/c1-27(17-14-22-15-18-30-26-22)16-8-13-23(19-27)31-24(28)25(29,20-9-4-2-5-10-20)21-11-6-3-7-12-21/h2-7,9-12,15,18,23,29H,8,13-14,16-17,19H2,1H3/q+1/t23-,27?/m1/s1. The van der Waals surface area contributed by atoms with Gasteiger partial charge in [0.15, 0.2) is 6.10 Å². The fourth-order valence-electron chi connectivity index (χ4n) is 4.42. The molecule has 162 valence electrons. The molecule has 1 aliphatic rings. The van der Waals surface area contributed by atoms with Gasteiger partial charge in [0, 0.05) is 18.9 Å². The highest BCUT2D eigenvalue weighted by atomic mass is 16.6. The second-order valence-electron chi connectivity index (χ2n) is 8.60. The number of hydrogen-bond donors (Lipinski definition) is 1. The summed E-state index contributed by atoms with van der Waals surface area (Å²) < 4.78 is 11.7. The number of carbonyl (C=O) groups excluding carboxylic acids is 1. The van der Waals surface area contributed by atoms with Gasteiger partial charge in [-0.05, 0) is 17.5 Å². The monoisotopic (exact) mass is 421 g/mol. The number of aromatic nitrogens is 1. The number of ether oxygens (including phenoxy) is 1. The van der Waals surface area contributed by atoms with Crippen LogP contribution in [0.1, 0.15) is 29.7 Å². The van der Waals surface area contributed by atoms with Crippen molar-refractivity contribution in [2.45, 2.75) is 31.0 Å². The Morgan fingerprint density at radius 3 is 2.35 bits per heavy atom. The molecule has 1 fully saturated rings. The van der Waals surface area contributed by atoms with Gasteiger partial charge in [0.25, 0.3) is 0 Å². The largest absolute Gasteiger partial charge is 0.454 e. The summed E-state index contributed by atoms with van der Waals surface area (Å²) in [6, 6.07) is 19.9. The minimum absolute atomic E-state index is 0.248. The van der Waals surface area contributed by atoms with E-state index in [0.29, 0.717) is 17.7 Å². The molecule has 4 rings (SSSR count). The number of piperidine rings is 1. The Hall–Kier alpha value is -2.96. The smallest absolute Gasteiger partial charge is 0.348 e. The molecule has 2 aromatic carbocycles. The Labute approximate surface area is 182 Å². The summed E-state index contributed by atoms with van der Waals surface area (Å²) in [7, 11) is 2.18. The highest BCUT2D eigenvalue weighted by Crippen LogP contribution is 2.32. The Bertz CT molecular complexity index is 936. The van der Waals surface area contributed by atoms with Gasteiger partial charge in [0.05, 0.1) is 25.8 Å². The average molecular weight is 422 g/mol. The molecule has 1 aliphatic heterocycles. The van der Waals surface area contributed by atoms with Gasteiger partial charge >= 0.3 is 5.97 Å². The van der Waals surface area contributed by atoms with Crippen LogP contribution in [0.3, 0.4) is 0 Å². The summed E-state index contributed by atoms with van der Waals surface area (Å²) in [6.07, 6.45) is 3.91. The molecule has 0 bridgehead atoms. The average Bonchev–Trinajstić information content (AvgIpc) is 3.32. The molecule has 3 aromatic rings. The van der Waals surface area contributed by atoms with E-state index in [2.05, 4.69) is 12.2 Å². The normalized spacial score (nSPS) is 21.5. The van der Waals surface area contributed by atoms with Crippen LogP contribution in [0.5, 0.6) is 0 Å². The summed E-state index contributed by atoms with van der Waals surface area (Å²) in [5.41, 5.74) is 0.0981. The zero-order valence-corrected chi connectivity index (χ0v) is 17.8. The number of hydrogen-bond acceptors (Lipinski definition) is 5. The number of nitrogens with zero attached hydrogens (tertiary/aromatic N) is 2. The van der Waals surface area contributed by atoms with E-state index in [1.54, 1.807) is 30.5 Å². The van der Waals surface area contributed by atoms with Crippen molar-refractivity contribution in [3.63, 3.8) is 0 Å². The van der Waals surface area contributed by atoms with Crippen molar-refractivity contribution in [2.24, 2.45) is 0 Å². The number of rotatable bonds is 7. The van der Waals surface area contributed by atoms with Crippen molar-refractivity contribution in [1.29, 1.82) is 0 Å². The number of aliphatic hydroxyl groups is 1. The van der Waals surface area contributed by atoms with Crippen molar-refractivity contribution in [2.75, 3.05) is 26.7 Å². The maximum absolute atomic E-state index is 13.4. The van der Waals surface area contributed by atoms with Crippen LogP contribution < -0.4 is 0 Å². The molecule has 0 radical (unpaired) electrons. The van der Waals surface area contributed by atoms with Crippen molar-refractivity contribution in [3.05, 3.63) is 89.8 Å². The van der Waals surface area contributed by atoms with Gasteiger partial charge < -0.3 is 18.8 Å². The molecule has 0 amide bonds. The minimum atomic E-state index is -1.84. The quantitative estimate of drug-likeness (QED) is 0.468. The number of carbonyl (C=O) groups is 1. The highest BCUT2D eigenvalue weighted by Gasteiger charge is 2.44. The van der Waals surface area contributed by atoms with Gasteiger partial charge in [-0.3, -0.25) is 0 Å².